The summed E-state index contributed by atoms with van der Waals surface area (Å²) in [4.78, 5) is 40.3. The van der Waals surface area contributed by atoms with Crippen molar-refractivity contribution < 1.29 is 18.8 Å². The summed E-state index contributed by atoms with van der Waals surface area (Å²) < 4.78 is 14.1. The van der Waals surface area contributed by atoms with E-state index in [2.05, 4.69) is 0 Å². The lowest BCUT2D eigenvalue weighted by atomic mass is 9.95. The van der Waals surface area contributed by atoms with Gasteiger partial charge in [-0.25, -0.2) is 4.39 Å². The molecule has 170 valence electrons. The molecule has 7 heteroatoms. The summed E-state index contributed by atoms with van der Waals surface area (Å²) in [6.07, 6.45) is 1.38. The van der Waals surface area contributed by atoms with Crippen molar-refractivity contribution in [1.82, 2.24) is 9.80 Å². The first-order valence-corrected chi connectivity index (χ1v) is 11.1. The van der Waals surface area contributed by atoms with Crippen LogP contribution in [0.25, 0.3) is 11.1 Å². The third-order valence-corrected chi connectivity index (χ3v) is 5.79. The minimum atomic E-state index is -0.511. The van der Waals surface area contributed by atoms with E-state index < -0.39 is 5.91 Å². The summed E-state index contributed by atoms with van der Waals surface area (Å²) >= 11 is 0. The van der Waals surface area contributed by atoms with Gasteiger partial charge in [-0.05, 0) is 30.0 Å². The minimum Gasteiger partial charge on any atom is -0.370 e. The number of rotatable bonds is 8. The van der Waals surface area contributed by atoms with Gasteiger partial charge in [0.25, 0.3) is 0 Å². The highest BCUT2D eigenvalue weighted by Gasteiger charge is 2.32. The van der Waals surface area contributed by atoms with Crippen LogP contribution in [0.2, 0.25) is 0 Å². The molecule has 0 bridgehead atoms. The number of nitrogens with zero attached hydrogens (tertiary/aromatic N) is 2. The third kappa shape index (κ3) is 5.93. The van der Waals surface area contributed by atoms with Crippen LogP contribution >= 0.6 is 0 Å². The first-order valence-electron chi connectivity index (χ1n) is 11.1. The summed E-state index contributed by atoms with van der Waals surface area (Å²) in [5.74, 6) is -1.28. The normalized spacial score (nSPS) is 16.7. The Kier molecular flexibility index (Phi) is 7.98. The van der Waals surface area contributed by atoms with Crippen LogP contribution in [0.5, 0.6) is 0 Å². The molecular formula is C25H30FN3O3. The van der Waals surface area contributed by atoms with E-state index in [1.165, 1.54) is 6.07 Å². The fraction of sp³-hybridized carbons (Fsp3) is 0.400. The predicted octanol–water partition coefficient (Wildman–Crippen LogP) is 3.00. The van der Waals surface area contributed by atoms with Crippen molar-refractivity contribution in [2.45, 2.75) is 32.6 Å². The molecule has 1 atom stereocenters. The Balaban J connectivity index is 1.76. The maximum Gasteiger partial charge on any atom is 0.227 e. The van der Waals surface area contributed by atoms with Crippen LogP contribution in [0.3, 0.4) is 0 Å². The molecule has 1 aliphatic rings. The van der Waals surface area contributed by atoms with Crippen LogP contribution in [0, 0.1) is 11.7 Å². The van der Waals surface area contributed by atoms with Gasteiger partial charge < -0.3 is 15.5 Å². The van der Waals surface area contributed by atoms with Gasteiger partial charge in [-0.1, -0.05) is 49.4 Å². The summed E-state index contributed by atoms with van der Waals surface area (Å²) in [6, 6.07) is 14.1. The lowest BCUT2D eigenvalue weighted by Crippen LogP contribution is -2.38. The lowest BCUT2D eigenvalue weighted by Gasteiger charge is -2.24. The summed E-state index contributed by atoms with van der Waals surface area (Å²) in [5.41, 5.74) is 7.44. The van der Waals surface area contributed by atoms with Crippen molar-refractivity contribution in [3.63, 3.8) is 0 Å². The number of carbonyl (C=O) groups excluding carboxylic acids is 3. The number of hydrogen-bond donors (Lipinski definition) is 1. The summed E-state index contributed by atoms with van der Waals surface area (Å²) in [7, 11) is 0. The Hall–Kier alpha value is -3.22. The number of amides is 3. The van der Waals surface area contributed by atoms with Gasteiger partial charge in [0.2, 0.25) is 17.7 Å². The fourth-order valence-corrected chi connectivity index (χ4v) is 4.10. The largest absolute Gasteiger partial charge is 0.370 e. The van der Waals surface area contributed by atoms with Crippen molar-refractivity contribution in [2.75, 3.05) is 26.2 Å². The smallest absolute Gasteiger partial charge is 0.227 e. The zero-order chi connectivity index (χ0) is 23.1. The number of benzene rings is 2. The summed E-state index contributed by atoms with van der Waals surface area (Å²) in [5, 5.41) is 0. The van der Waals surface area contributed by atoms with Crippen LogP contribution in [-0.2, 0) is 20.8 Å². The predicted molar refractivity (Wildman–Crippen MR) is 121 cm³/mol. The van der Waals surface area contributed by atoms with Crippen LogP contribution in [-0.4, -0.2) is 53.7 Å². The number of halogens is 1. The number of hydrogen-bond acceptors (Lipinski definition) is 3. The highest BCUT2D eigenvalue weighted by Crippen LogP contribution is 2.24. The number of carbonyl (C=O) groups is 3. The van der Waals surface area contributed by atoms with E-state index in [1.54, 1.807) is 23.1 Å². The van der Waals surface area contributed by atoms with Crippen LogP contribution < -0.4 is 5.73 Å². The topological polar surface area (TPSA) is 83.7 Å². The zero-order valence-corrected chi connectivity index (χ0v) is 18.4. The van der Waals surface area contributed by atoms with E-state index in [0.29, 0.717) is 38.2 Å². The lowest BCUT2D eigenvalue weighted by molar-refractivity contribution is -0.135. The van der Waals surface area contributed by atoms with E-state index in [4.69, 9.17) is 5.73 Å². The SMILES string of the molecule is CCCN1CCN(C(=O)CCC(N)=O)C[C@@H](Cc2ccc(-c3ccccc3F)cc2)C1=O. The number of primary amides is 1. The molecule has 2 aromatic rings. The molecule has 6 nitrogen and oxygen atoms in total. The Morgan fingerprint density at radius 3 is 2.44 bits per heavy atom. The van der Waals surface area contributed by atoms with Gasteiger partial charge in [0.1, 0.15) is 5.82 Å². The van der Waals surface area contributed by atoms with Gasteiger partial charge in [0.15, 0.2) is 0 Å². The molecule has 1 saturated heterocycles. The molecule has 3 rings (SSSR count). The maximum atomic E-state index is 14.1. The third-order valence-electron chi connectivity index (χ3n) is 5.79. The van der Waals surface area contributed by atoms with E-state index in [1.807, 2.05) is 36.1 Å². The average molecular weight is 440 g/mol. The first kappa shape index (κ1) is 23.4. The van der Waals surface area contributed by atoms with Gasteiger partial charge in [-0.2, -0.15) is 0 Å². The molecule has 0 spiro atoms. The zero-order valence-electron chi connectivity index (χ0n) is 18.4. The molecule has 0 aromatic heterocycles. The van der Waals surface area contributed by atoms with E-state index in [9.17, 15) is 18.8 Å². The molecular weight excluding hydrogens is 409 g/mol. The minimum absolute atomic E-state index is 0.00410. The van der Waals surface area contributed by atoms with Gasteiger partial charge in [0, 0.05) is 44.6 Å². The van der Waals surface area contributed by atoms with Crippen LogP contribution in [0.15, 0.2) is 48.5 Å². The van der Waals surface area contributed by atoms with Gasteiger partial charge in [0.05, 0.1) is 5.92 Å². The average Bonchev–Trinajstić information content (AvgIpc) is 2.93. The van der Waals surface area contributed by atoms with Crippen molar-refractivity contribution in [1.29, 1.82) is 0 Å². The summed E-state index contributed by atoms with van der Waals surface area (Å²) in [6.45, 7) is 3.91. The van der Waals surface area contributed by atoms with E-state index >= 15 is 0 Å². The monoisotopic (exact) mass is 439 g/mol. The van der Waals surface area contributed by atoms with Crippen molar-refractivity contribution in [3.05, 3.63) is 59.9 Å². The van der Waals surface area contributed by atoms with Crippen LogP contribution in [0.1, 0.15) is 31.7 Å². The molecule has 1 heterocycles. The molecule has 1 fully saturated rings. The first-order chi connectivity index (χ1) is 15.4. The van der Waals surface area contributed by atoms with Gasteiger partial charge >= 0.3 is 0 Å². The number of nitrogens with two attached hydrogens (primary N) is 1. The second-order valence-corrected chi connectivity index (χ2v) is 8.21. The molecule has 0 aliphatic carbocycles. The van der Waals surface area contributed by atoms with E-state index in [-0.39, 0.29) is 36.4 Å². The highest BCUT2D eigenvalue weighted by molar-refractivity contribution is 5.85. The Morgan fingerprint density at radius 2 is 1.78 bits per heavy atom. The van der Waals surface area contributed by atoms with Gasteiger partial charge in [-0.15, -0.1) is 0 Å². The highest BCUT2D eigenvalue weighted by atomic mass is 19.1. The Morgan fingerprint density at radius 1 is 1.06 bits per heavy atom. The molecule has 32 heavy (non-hydrogen) atoms. The second kappa shape index (κ2) is 10.9. The second-order valence-electron chi connectivity index (χ2n) is 8.21. The van der Waals surface area contributed by atoms with Crippen molar-refractivity contribution in [3.8, 4) is 11.1 Å². The van der Waals surface area contributed by atoms with Crippen molar-refractivity contribution in [2.24, 2.45) is 11.7 Å². The maximum absolute atomic E-state index is 14.1. The molecule has 0 radical (unpaired) electrons. The molecule has 0 unspecified atom stereocenters. The molecule has 1 aliphatic heterocycles. The fourth-order valence-electron chi connectivity index (χ4n) is 4.10. The van der Waals surface area contributed by atoms with Gasteiger partial charge in [-0.3, -0.25) is 14.4 Å². The standard InChI is InChI=1S/C25H30FN3O3/c1-2-13-28-14-15-29(24(31)12-11-23(27)30)17-20(25(28)32)16-18-7-9-19(10-8-18)21-5-3-4-6-22(21)26/h3-10,20H,2,11-17H2,1H3,(H2,27,30)/t20-/m1/s1. The molecule has 0 saturated carbocycles. The Bertz CT molecular complexity index is 961. The molecule has 2 N–H and O–H groups in total. The molecule has 2 aromatic carbocycles. The van der Waals surface area contributed by atoms with E-state index in [0.717, 1.165) is 17.5 Å². The van der Waals surface area contributed by atoms with Crippen molar-refractivity contribution >= 4 is 17.7 Å². The quantitative estimate of drug-likeness (QED) is 0.686. The molecule has 3 amide bonds. The van der Waals surface area contributed by atoms with Crippen LogP contribution in [0.4, 0.5) is 4.39 Å². The Labute approximate surface area is 188 Å².